The molecule has 0 spiro atoms. The second-order valence-electron chi connectivity index (χ2n) is 7.29. The van der Waals surface area contributed by atoms with Gasteiger partial charge in [0, 0.05) is 18.9 Å². The number of benzene rings is 2. The van der Waals surface area contributed by atoms with Gasteiger partial charge in [-0.1, -0.05) is 60.7 Å². The predicted molar refractivity (Wildman–Crippen MR) is 114 cm³/mol. The zero-order chi connectivity index (χ0) is 20.8. The van der Waals surface area contributed by atoms with E-state index in [1.807, 2.05) is 65.6 Å². The normalized spacial score (nSPS) is 16.3. The van der Waals surface area contributed by atoms with Crippen LogP contribution in [0.2, 0.25) is 0 Å². The van der Waals surface area contributed by atoms with Crippen LogP contribution < -0.4 is 9.47 Å². The van der Waals surface area contributed by atoms with Crippen LogP contribution in [0, 0.1) is 0 Å². The number of nitrogens with zero attached hydrogens (tertiary/aromatic N) is 3. The Kier molecular flexibility index (Phi) is 6.23. The fourth-order valence-corrected chi connectivity index (χ4v) is 3.88. The van der Waals surface area contributed by atoms with Gasteiger partial charge >= 0.3 is 0 Å². The number of carbonyl (C=O) groups is 1. The van der Waals surface area contributed by atoms with Gasteiger partial charge in [-0.3, -0.25) is 4.79 Å². The van der Waals surface area contributed by atoms with Crippen molar-refractivity contribution in [3.8, 4) is 11.8 Å². The van der Waals surface area contributed by atoms with Gasteiger partial charge in [0.15, 0.2) is 0 Å². The molecule has 1 unspecified atom stereocenters. The summed E-state index contributed by atoms with van der Waals surface area (Å²) in [6.07, 6.45) is 4.71. The van der Waals surface area contributed by atoms with Crippen molar-refractivity contribution in [3.63, 3.8) is 0 Å². The van der Waals surface area contributed by atoms with Crippen LogP contribution in [0.1, 0.15) is 29.9 Å². The second-order valence-corrected chi connectivity index (χ2v) is 7.29. The molecule has 1 atom stereocenters. The van der Waals surface area contributed by atoms with Gasteiger partial charge in [-0.25, -0.2) is 9.97 Å². The molecule has 0 bridgehead atoms. The van der Waals surface area contributed by atoms with Gasteiger partial charge in [-0.2, -0.15) is 0 Å². The minimum absolute atomic E-state index is 0.0896. The van der Waals surface area contributed by atoms with Crippen molar-refractivity contribution in [1.29, 1.82) is 0 Å². The molecule has 4 rings (SSSR count). The predicted octanol–water partition coefficient (Wildman–Crippen LogP) is 3.69. The van der Waals surface area contributed by atoms with Crippen molar-refractivity contribution in [2.45, 2.75) is 24.9 Å². The van der Waals surface area contributed by atoms with E-state index in [1.54, 1.807) is 12.4 Å². The monoisotopic (exact) mass is 403 g/mol. The molecule has 30 heavy (non-hydrogen) atoms. The first-order chi connectivity index (χ1) is 14.8. The third kappa shape index (κ3) is 4.43. The van der Waals surface area contributed by atoms with E-state index in [1.165, 1.54) is 7.11 Å². The van der Waals surface area contributed by atoms with Gasteiger partial charge in [-0.05, 0) is 24.0 Å². The summed E-state index contributed by atoms with van der Waals surface area (Å²) >= 11 is 0. The molecule has 2 aromatic carbocycles. The molecule has 154 valence electrons. The van der Waals surface area contributed by atoms with Crippen LogP contribution >= 0.6 is 0 Å². The Morgan fingerprint density at radius 3 is 2.17 bits per heavy atom. The van der Waals surface area contributed by atoms with Crippen LogP contribution in [0.25, 0.3) is 0 Å². The van der Waals surface area contributed by atoms with Crippen LogP contribution in [0.15, 0.2) is 73.1 Å². The van der Waals surface area contributed by atoms with Crippen molar-refractivity contribution < 1.29 is 14.3 Å². The summed E-state index contributed by atoms with van der Waals surface area (Å²) in [7, 11) is 1.54. The van der Waals surface area contributed by atoms with E-state index in [0.717, 1.165) is 24.0 Å². The van der Waals surface area contributed by atoms with Crippen molar-refractivity contribution in [1.82, 2.24) is 14.9 Å². The van der Waals surface area contributed by atoms with E-state index in [4.69, 9.17) is 9.47 Å². The van der Waals surface area contributed by atoms with Gasteiger partial charge in [0.25, 0.3) is 11.8 Å². The highest BCUT2D eigenvalue weighted by Crippen LogP contribution is 2.29. The summed E-state index contributed by atoms with van der Waals surface area (Å²) in [6, 6.07) is 19.9. The zero-order valence-corrected chi connectivity index (χ0v) is 17.0. The van der Waals surface area contributed by atoms with Crippen molar-refractivity contribution in [2.24, 2.45) is 0 Å². The molecule has 1 aromatic heterocycles. The summed E-state index contributed by atoms with van der Waals surface area (Å²) in [5, 5.41) is 0. The first kappa shape index (κ1) is 19.9. The number of piperidine rings is 1. The first-order valence-corrected chi connectivity index (χ1v) is 10.2. The third-order valence-electron chi connectivity index (χ3n) is 5.31. The highest BCUT2D eigenvalue weighted by Gasteiger charge is 2.32. The molecule has 0 radical (unpaired) electrons. The van der Waals surface area contributed by atoms with Crippen LogP contribution in [0.5, 0.6) is 11.8 Å². The largest absolute Gasteiger partial charge is 0.477 e. The average molecular weight is 403 g/mol. The molecular weight excluding hydrogens is 378 g/mol. The lowest BCUT2D eigenvalue weighted by molar-refractivity contribution is -0.134. The van der Waals surface area contributed by atoms with E-state index in [9.17, 15) is 4.79 Å². The average Bonchev–Trinajstić information content (AvgIpc) is 2.81. The number of amides is 1. The third-order valence-corrected chi connectivity index (χ3v) is 5.31. The summed E-state index contributed by atoms with van der Waals surface area (Å²) in [6.45, 7) is 1.22. The Labute approximate surface area is 176 Å². The standard InChI is InChI=1S/C24H25N3O3/c1-29-22-23(26-15-14-25-22)30-20-13-8-16-27(17-20)24(28)21(18-9-4-2-5-10-18)19-11-6-3-7-12-19/h2-7,9-12,14-15,20-21H,8,13,16-17H2,1H3. The Morgan fingerprint density at radius 2 is 1.57 bits per heavy atom. The van der Waals surface area contributed by atoms with Crippen LogP contribution in [0.3, 0.4) is 0 Å². The van der Waals surface area contributed by atoms with E-state index in [2.05, 4.69) is 9.97 Å². The van der Waals surface area contributed by atoms with Crippen LogP contribution in [-0.2, 0) is 4.79 Å². The molecular formula is C24H25N3O3. The summed E-state index contributed by atoms with van der Waals surface area (Å²) in [5.41, 5.74) is 1.99. The van der Waals surface area contributed by atoms with Crippen LogP contribution in [-0.4, -0.2) is 47.1 Å². The van der Waals surface area contributed by atoms with Gasteiger partial charge in [-0.15, -0.1) is 0 Å². The first-order valence-electron chi connectivity index (χ1n) is 10.2. The fourth-order valence-electron chi connectivity index (χ4n) is 3.88. The van der Waals surface area contributed by atoms with Gasteiger partial charge < -0.3 is 14.4 Å². The Morgan fingerprint density at radius 1 is 0.967 bits per heavy atom. The number of ether oxygens (including phenoxy) is 2. The minimum atomic E-state index is -0.336. The van der Waals surface area contributed by atoms with Crippen LogP contribution in [0.4, 0.5) is 0 Å². The smallest absolute Gasteiger partial charge is 0.278 e. The Bertz CT molecular complexity index is 926. The molecule has 3 aromatic rings. The lowest BCUT2D eigenvalue weighted by Crippen LogP contribution is -2.46. The lowest BCUT2D eigenvalue weighted by atomic mass is 9.89. The van der Waals surface area contributed by atoms with Gasteiger partial charge in [0.05, 0.1) is 19.6 Å². The van der Waals surface area contributed by atoms with Crippen molar-refractivity contribution >= 4 is 5.91 Å². The highest BCUT2D eigenvalue weighted by molar-refractivity contribution is 5.87. The number of hydrogen-bond acceptors (Lipinski definition) is 5. The number of carbonyl (C=O) groups excluding carboxylic acids is 1. The van der Waals surface area contributed by atoms with E-state index < -0.39 is 0 Å². The number of rotatable bonds is 6. The van der Waals surface area contributed by atoms with Crippen molar-refractivity contribution in [3.05, 3.63) is 84.2 Å². The number of hydrogen-bond donors (Lipinski definition) is 0. The molecule has 6 heteroatoms. The molecule has 1 aliphatic rings. The summed E-state index contributed by atoms with van der Waals surface area (Å²) < 4.78 is 11.3. The van der Waals surface area contributed by atoms with Gasteiger partial charge in [0.2, 0.25) is 5.91 Å². The SMILES string of the molecule is COc1nccnc1OC1CCCN(C(=O)C(c2ccccc2)c2ccccc2)C1. The molecule has 1 amide bonds. The number of aromatic nitrogens is 2. The Balaban J connectivity index is 1.54. The quantitative estimate of drug-likeness (QED) is 0.628. The molecule has 1 saturated heterocycles. The maximum Gasteiger partial charge on any atom is 0.278 e. The highest BCUT2D eigenvalue weighted by atomic mass is 16.5. The number of methoxy groups -OCH3 is 1. The summed E-state index contributed by atoms with van der Waals surface area (Å²) in [4.78, 5) is 23.9. The van der Waals surface area contributed by atoms with E-state index in [-0.39, 0.29) is 17.9 Å². The zero-order valence-electron chi connectivity index (χ0n) is 17.0. The summed E-state index contributed by atoms with van der Waals surface area (Å²) in [5.74, 6) is 0.471. The fraction of sp³-hybridized carbons (Fsp3) is 0.292. The van der Waals surface area contributed by atoms with E-state index >= 15 is 0 Å². The maximum atomic E-state index is 13.6. The maximum absolute atomic E-state index is 13.6. The van der Waals surface area contributed by atoms with E-state index in [0.29, 0.717) is 24.8 Å². The van der Waals surface area contributed by atoms with Crippen molar-refractivity contribution in [2.75, 3.05) is 20.2 Å². The molecule has 0 saturated carbocycles. The molecule has 1 aliphatic heterocycles. The lowest BCUT2D eigenvalue weighted by Gasteiger charge is -2.35. The second kappa shape index (κ2) is 9.39. The molecule has 2 heterocycles. The van der Waals surface area contributed by atoms with Gasteiger partial charge in [0.1, 0.15) is 6.10 Å². The molecule has 1 fully saturated rings. The molecule has 0 aliphatic carbocycles. The minimum Gasteiger partial charge on any atom is -0.477 e. The molecule has 0 N–H and O–H groups in total. The molecule has 6 nitrogen and oxygen atoms in total. The Hall–Kier alpha value is -3.41. The number of likely N-dealkylation sites (tertiary alicyclic amines) is 1. The topological polar surface area (TPSA) is 64.6 Å².